The van der Waals surface area contributed by atoms with Gasteiger partial charge in [0.05, 0.1) is 0 Å². The number of ether oxygens (including phenoxy) is 1. The zero-order chi connectivity index (χ0) is 12.9. The second-order valence-electron chi connectivity index (χ2n) is 4.17. The molecule has 0 aromatic carbocycles. The summed E-state index contributed by atoms with van der Waals surface area (Å²) in [5.41, 5.74) is 0. The van der Waals surface area contributed by atoms with E-state index in [1.54, 1.807) is 0 Å². The van der Waals surface area contributed by atoms with Gasteiger partial charge in [-0.3, -0.25) is 0 Å². The van der Waals surface area contributed by atoms with E-state index in [0.717, 1.165) is 19.3 Å². The Bertz CT molecular complexity index is 258. The van der Waals surface area contributed by atoms with Crippen molar-refractivity contribution < 1.29 is 27.8 Å². The molecule has 4 nitrogen and oxygen atoms in total. The van der Waals surface area contributed by atoms with E-state index in [1.807, 2.05) is 0 Å². The van der Waals surface area contributed by atoms with E-state index >= 15 is 0 Å². The number of halogens is 3. The third kappa shape index (κ3) is 5.25. The number of rotatable bonds is 3. The van der Waals surface area contributed by atoms with Crippen LogP contribution in [-0.2, 0) is 4.74 Å². The van der Waals surface area contributed by atoms with Crippen LogP contribution in [0.3, 0.4) is 0 Å². The average molecular weight is 255 g/mol. The highest BCUT2D eigenvalue weighted by molar-refractivity contribution is 5.67. The zero-order valence-corrected chi connectivity index (χ0v) is 9.29. The fraction of sp³-hybridized carbons (Fsp3) is 0.900. The molecule has 1 fully saturated rings. The van der Waals surface area contributed by atoms with Gasteiger partial charge < -0.3 is 15.2 Å². The summed E-state index contributed by atoms with van der Waals surface area (Å²) in [6.45, 7) is -1.67. The van der Waals surface area contributed by atoms with Crippen molar-refractivity contribution in [3.8, 4) is 0 Å². The Labute approximate surface area is 97.1 Å². The summed E-state index contributed by atoms with van der Waals surface area (Å²) in [6, 6.07) is -0.297. The van der Waals surface area contributed by atoms with Crippen molar-refractivity contribution in [1.29, 1.82) is 0 Å². The molecule has 1 amide bonds. The number of hydrogen-bond acceptors (Lipinski definition) is 3. The van der Waals surface area contributed by atoms with Crippen LogP contribution in [0.15, 0.2) is 0 Å². The summed E-state index contributed by atoms with van der Waals surface area (Å²) in [4.78, 5) is 11.1. The molecule has 7 heteroatoms. The lowest BCUT2D eigenvalue weighted by Crippen LogP contribution is -2.44. The lowest BCUT2D eigenvalue weighted by atomic mass is 9.85. The molecule has 1 aliphatic carbocycles. The van der Waals surface area contributed by atoms with Crippen molar-refractivity contribution in [2.75, 3.05) is 13.2 Å². The van der Waals surface area contributed by atoms with Gasteiger partial charge in [0, 0.05) is 18.6 Å². The van der Waals surface area contributed by atoms with E-state index in [4.69, 9.17) is 5.11 Å². The number of carbonyl (C=O) groups excluding carboxylic acids is 1. The minimum atomic E-state index is -4.51. The Hall–Kier alpha value is -0.980. The average Bonchev–Trinajstić information content (AvgIpc) is 2.26. The van der Waals surface area contributed by atoms with Crippen LogP contribution in [0.2, 0.25) is 0 Å². The fourth-order valence-corrected chi connectivity index (χ4v) is 1.96. The summed E-state index contributed by atoms with van der Waals surface area (Å²) in [5, 5.41) is 11.4. The van der Waals surface area contributed by atoms with Gasteiger partial charge >= 0.3 is 12.3 Å². The van der Waals surface area contributed by atoms with Gasteiger partial charge in [0.1, 0.15) is 0 Å². The molecule has 17 heavy (non-hydrogen) atoms. The largest absolute Gasteiger partial charge is 0.440 e. The van der Waals surface area contributed by atoms with Crippen LogP contribution in [0.5, 0.6) is 0 Å². The Morgan fingerprint density at radius 3 is 2.59 bits per heavy atom. The van der Waals surface area contributed by atoms with E-state index in [1.165, 1.54) is 0 Å². The Morgan fingerprint density at radius 2 is 2.00 bits per heavy atom. The number of aliphatic hydroxyl groups excluding tert-OH is 1. The summed E-state index contributed by atoms with van der Waals surface area (Å²) in [5.74, 6) is -0.0952. The Kier molecular flexibility index (Phi) is 5.04. The minimum absolute atomic E-state index is 0.0791. The number of carbonyl (C=O) groups is 1. The first-order valence-corrected chi connectivity index (χ1v) is 5.53. The molecule has 0 aromatic rings. The third-order valence-electron chi connectivity index (χ3n) is 2.81. The fourth-order valence-electron chi connectivity index (χ4n) is 1.96. The van der Waals surface area contributed by atoms with Crippen molar-refractivity contribution in [2.45, 2.75) is 37.9 Å². The molecule has 0 aromatic heterocycles. The minimum Gasteiger partial charge on any atom is -0.440 e. The van der Waals surface area contributed by atoms with Gasteiger partial charge in [-0.1, -0.05) is 12.8 Å². The smallest absolute Gasteiger partial charge is 0.422 e. The van der Waals surface area contributed by atoms with E-state index in [2.05, 4.69) is 10.1 Å². The maximum absolute atomic E-state index is 11.8. The predicted molar refractivity (Wildman–Crippen MR) is 53.4 cm³/mol. The van der Waals surface area contributed by atoms with Gasteiger partial charge in [0.2, 0.25) is 0 Å². The van der Waals surface area contributed by atoms with E-state index < -0.39 is 18.9 Å². The molecule has 2 atom stereocenters. The summed E-state index contributed by atoms with van der Waals surface area (Å²) in [7, 11) is 0. The first-order chi connectivity index (χ1) is 7.92. The van der Waals surface area contributed by atoms with Crippen LogP contribution in [0.25, 0.3) is 0 Å². The second kappa shape index (κ2) is 6.09. The molecule has 0 radical (unpaired) electrons. The van der Waals surface area contributed by atoms with Crippen LogP contribution < -0.4 is 5.32 Å². The number of nitrogens with one attached hydrogen (secondary N) is 1. The number of hydrogen-bond donors (Lipinski definition) is 2. The van der Waals surface area contributed by atoms with Crippen molar-refractivity contribution in [3.63, 3.8) is 0 Å². The second-order valence-corrected chi connectivity index (χ2v) is 4.17. The van der Waals surface area contributed by atoms with Crippen LogP contribution in [0.1, 0.15) is 25.7 Å². The number of alkyl carbamates (subject to hydrolysis) is 1. The van der Waals surface area contributed by atoms with E-state index in [9.17, 15) is 18.0 Å². The molecule has 1 saturated carbocycles. The van der Waals surface area contributed by atoms with Crippen LogP contribution in [0, 0.1) is 5.92 Å². The van der Waals surface area contributed by atoms with Crippen LogP contribution >= 0.6 is 0 Å². The highest BCUT2D eigenvalue weighted by Crippen LogP contribution is 2.24. The molecule has 0 spiro atoms. The monoisotopic (exact) mass is 255 g/mol. The zero-order valence-electron chi connectivity index (χ0n) is 9.29. The molecule has 0 aliphatic heterocycles. The van der Waals surface area contributed by atoms with Crippen molar-refractivity contribution in [2.24, 2.45) is 5.92 Å². The van der Waals surface area contributed by atoms with Crippen LogP contribution in [-0.4, -0.2) is 36.6 Å². The van der Waals surface area contributed by atoms with Gasteiger partial charge in [-0.2, -0.15) is 13.2 Å². The molecule has 0 heterocycles. The van der Waals surface area contributed by atoms with Gasteiger partial charge in [-0.25, -0.2) is 4.79 Å². The molecular formula is C10H16F3NO3. The van der Waals surface area contributed by atoms with Gasteiger partial charge in [-0.05, 0) is 12.8 Å². The van der Waals surface area contributed by atoms with Gasteiger partial charge in [0.15, 0.2) is 6.61 Å². The molecule has 0 saturated heterocycles. The lowest BCUT2D eigenvalue weighted by Gasteiger charge is -2.30. The molecular weight excluding hydrogens is 239 g/mol. The third-order valence-corrected chi connectivity index (χ3v) is 2.81. The first-order valence-electron chi connectivity index (χ1n) is 5.53. The summed E-state index contributed by atoms with van der Waals surface area (Å²) < 4.78 is 39.4. The molecule has 2 N–H and O–H groups in total. The standard InChI is InChI=1S/C10H16F3NO3/c11-10(12,13)6-17-9(16)14-8-4-2-1-3-7(8)5-15/h7-8,15H,1-6H2,(H,14,16). The highest BCUT2D eigenvalue weighted by atomic mass is 19.4. The molecule has 1 rings (SSSR count). The van der Waals surface area contributed by atoms with Gasteiger partial charge in [0.25, 0.3) is 0 Å². The van der Waals surface area contributed by atoms with E-state index in [-0.39, 0.29) is 18.6 Å². The SMILES string of the molecule is O=C(NC1CCCCC1CO)OCC(F)(F)F. The Morgan fingerprint density at radius 1 is 1.35 bits per heavy atom. The highest BCUT2D eigenvalue weighted by Gasteiger charge is 2.31. The maximum atomic E-state index is 11.8. The quantitative estimate of drug-likeness (QED) is 0.808. The summed E-state index contributed by atoms with van der Waals surface area (Å²) >= 11 is 0. The molecule has 0 bridgehead atoms. The number of amides is 1. The van der Waals surface area contributed by atoms with Crippen LogP contribution in [0.4, 0.5) is 18.0 Å². The topological polar surface area (TPSA) is 58.6 Å². The normalized spacial score (nSPS) is 25.4. The maximum Gasteiger partial charge on any atom is 0.422 e. The van der Waals surface area contributed by atoms with Crippen molar-refractivity contribution >= 4 is 6.09 Å². The first kappa shape index (κ1) is 14.1. The molecule has 100 valence electrons. The summed E-state index contributed by atoms with van der Waals surface area (Å²) in [6.07, 6.45) is -2.32. The number of aliphatic hydroxyl groups is 1. The van der Waals surface area contributed by atoms with E-state index in [0.29, 0.717) is 6.42 Å². The molecule has 2 unspecified atom stereocenters. The molecule has 1 aliphatic rings. The predicted octanol–water partition coefficient (Wildman–Crippen LogP) is 1.83. The number of alkyl halides is 3. The van der Waals surface area contributed by atoms with Crippen molar-refractivity contribution in [1.82, 2.24) is 5.32 Å². The van der Waals surface area contributed by atoms with Gasteiger partial charge in [-0.15, -0.1) is 0 Å². The lowest BCUT2D eigenvalue weighted by molar-refractivity contribution is -0.160. The Balaban J connectivity index is 2.33. The van der Waals surface area contributed by atoms with Crippen molar-refractivity contribution in [3.05, 3.63) is 0 Å².